The van der Waals surface area contributed by atoms with E-state index in [9.17, 15) is 0 Å². The standard InChI is InChI=1S/C21H24O5/c1-22-18-17(14-23-12-15-8-4-2-5-9-15)25-21-20(26-21)19(18)24-13-16-10-6-3-7-11-16/h2-11,17-21H,12-14H2,1H3/t17-,18-,19+,20-,21-/m1/s1. The maximum absolute atomic E-state index is 6.14. The Labute approximate surface area is 153 Å². The number of hydrogen-bond donors (Lipinski definition) is 0. The minimum absolute atomic E-state index is 0.0611. The first-order valence-electron chi connectivity index (χ1n) is 8.96. The minimum Gasteiger partial charge on any atom is -0.376 e. The molecule has 0 aliphatic carbocycles. The number of benzene rings is 2. The zero-order chi connectivity index (χ0) is 17.8. The van der Waals surface area contributed by atoms with Gasteiger partial charge in [0.1, 0.15) is 24.4 Å². The fourth-order valence-electron chi connectivity index (χ4n) is 3.34. The highest BCUT2D eigenvalue weighted by Crippen LogP contribution is 2.39. The summed E-state index contributed by atoms with van der Waals surface area (Å²) in [6.45, 7) is 1.50. The van der Waals surface area contributed by atoms with E-state index < -0.39 is 0 Å². The van der Waals surface area contributed by atoms with Crippen molar-refractivity contribution >= 4 is 0 Å². The van der Waals surface area contributed by atoms with Crippen molar-refractivity contribution in [3.63, 3.8) is 0 Å². The van der Waals surface area contributed by atoms with Gasteiger partial charge in [0.15, 0.2) is 6.29 Å². The van der Waals surface area contributed by atoms with Crippen LogP contribution in [0.2, 0.25) is 0 Å². The molecule has 26 heavy (non-hydrogen) atoms. The van der Waals surface area contributed by atoms with Crippen LogP contribution in [0, 0.1) is 0 Å². The zero-order valence-electron chi connectivity index (χ0n) is 14.8. The molecule has 0 N–H and O–H groups in total. The molecule has 0 bridgehead atoms. The molecule has 0 saturated carbocycles. The molecule has 2 fully saturated rings. The zero-order valence-corrected chi connectivity index (χ0v) is 14.8. The normalized spacial score (nSPS) is 30.0. The molecule has 0 radical (unpaired) electrons. The largest absolute Gasteiger partial charge is 0.376 e. The van der Waals surface area contributed by atoms with Crippen molar-refractivity contribution in [3.8, 4) is 0 Å². The van der Waals surface area contributed by atoms with Gasteiger partial charge in [-0.25, -0.2) is 0 Å². The predicted molar refractivity (Wildman–Crippen MR) is 95.4 cm³/mol. The second kappa shape index (κ2) is 8.29. The lowest BCUT2D eigenvalue weighted by atomic mass is 10.0. The van der Waals surface area contributed by atoms with E-state index in [0.29, 0.717) is 19.8 Å². The Bertz CT molecular complexity index is 677. The molecule has 5 atom stereocenters. The first-order valence-corrected chi connectivity index (χ1v) is 8.96. The van der Waals surface area contributed by atoms with E-state index in [1.54, 1.807) is 7.11 Å². The van der Waals surface area contributed by atoms with E-state index in [0.717, 1.165) is 11.1 Å². The van der Waals surface area contributed by atoms with E-state index in [-0.39, 0.29) is 30.7 Å². The SMILES string of the molecule is CO[C@H]1[C@H](OCc2ccccc2)[C@H]2O[C@H]2O[C@@H]1COCc1ccccc1. The van der Waals surface area contributed by atoms with Gasteiger partial charge >= 0.3 is 0 Å². The number of hydrogen-bond acceptors (Lipinski definition) is 5. The maximum Gasteiger partial charge on any atom is 0.187 e. The smallest absolute Gasteiger partial charge is 0.187 e. The molecule has 2 saturated heterocycles. The molecule has 4 rings (SSSR count). The number of rotatable bonds is 8. The van der Waals surface area contributed by atoms with Crippen molar-refractivity contribution in [1.82, 2.24) is 0 Å². The summed E-state index contributed by atoms with van der Waals surface area (Å²) in [5.41, 5.74) is 2.26. The lowest BCUT2D eigenvalue weighted by Crippen LogP contribution is -2.51. The van der Waals surface area contributed by atoms with Crippen molar-refractivity contribution in [2.75, 3.05) is 13.7 Å². The monoisotopic (exact) mass is 356 g/mol. The predicted octanol–water partition coefficient (Wildman–Crippen LogP) is 2.93. The molecule has 5 nitrogen and oxygen atoms in total. The number of fused-ring (bicyclic) bond motifs is 1. The second-order valence-corrected chi connectivity index (χ2v) is 6.61. The molecule has 2 aliphatic heterocycles. The summed E-state index contributed by atoms with van der Waals surface area (Å²) < 4.78 is 29.2. The van der Waals surface area contributed by atoms with Gasteiger partial charge in [0.25, 0.3) is 0 Å². The quantitative estimate of drug-likeness (QED) is 0.681. The number of epoxide rings is 1. The molecule has 0 aromatic heterocycles. The van der Waals surface area contributed by atoms with E-state index in [1.807, 2.05) is 60.7 Å². The van der Waals surface area contributed by atoms with Gasteiger partial charge in [0.05, 0.1) is 19.8 Å². The molecule has 138 valence electrons. The van der Waals surface area contributed by atoms with Gasteiger partial charge in [-0.05, 0) is 11.1 Å². The van der Waals surface area contributed by atoms with Gasteiger partial charge < -0.3 is 23.7 Å². The molecule has 0 amide bonds. The Morgan fingerprint density at radius 3 is 2.12 bits per heavy atom. The average Bonchev–Trinajstić information content (AvgIpc) is 3.47. The first-order chi connectivity index (χ1) is 12.8. The third kappa shape index (κ3) is 4.14. The van der Waals surface area contributed by atoms with Gasteiger partial charge in [0.2, 0.25) is 0 Å². The van der Waals surface area contributed by atoms with Gasteiger partial charge in [-0.3, -0.25) is 0 Å². The fourth-order valence-corrected chi connectivity index (χ4v) is 3.34. The molecule has 2 aromatic carbocycles. The van der Waals surface area contributed by atoms with Crippen LogP contribution >= 0.6 is 0 Å². The highest BCUT2D eigenvalue weighted by molar-refractivity contribution is 5.14. The van der Waals surface area contributed by atoms with E-state index in [2.05, 4.69) is 0 Å². The van der Waals surface area contributed by atoms with Crippen LogP contribution in [0.15, 0.2) is 60.7 Å². The molecule has 2 aromatic rings. The summed E-state index contributed by atoms with van der Waals surface area (Å²) in [6.07, 6.45) is -0.878. The summed E-state index contributed by atoms with van der Waals surface area (Å²) in [6, 6.07) is 20.2. The minimum atomic E-state index is -0.224. The average molecular weight is 356 g/mol. The van der Waals surface area contributed by atoms with Gasteiger partial charge in [0, 0.05) is 7.11 Å². The lowest BCUT2D eigenvalue weighted by molar-refractivity contribution is -0.179. The van der Waals surface area contributed by atoms with Crippen molar-refractivity contribution in [2.45, 2.75) is 43.9 Å². The van der Waals surface area contributed by atoms with Crippen LogP contribution in [0.1, 0.15) is 11.1 Å². The van der Waals surface area contributed by atoms with Crippen LogP contribution in [0.3, 0.4) is 0 Å². The van der Waals surface area contributed by atoms with Gasteiger partial charge in [-0.2, -0.15) is 0 Å². The summed E-state index contributed by atoms with van der Waals surface area (Å²) in [5.74, 6) is 0. The third-order valence-electron chi connectivity index (χ3n) is 4.76. The number of methoxy groups -OCH3 is 1. The number of ether oxygens (including phenoxy) is 5. The van der Waals surface area contributed by atoms with Crippen LogP contribution in [-0.4, -0.2) is 44.4 Å². The summed E-state index contributed by atoms with van der Waals surface area (Å²) in [5, 5.41) is 0. The topological polar surface area (TPSA) is 49.5 Å². The van der Waals surface area contributed by atoms with Crippen molar-refractivity contribution in [3.05, 3.63) is 71.8 Å². The summed E-state index contributed by atoms with van der Waals surface area (Å²) in [7, 11) is 1.68. The Hall–Kier alpha value is -1.76. The fraction of sp³-hybridized carbons (Fsp3) is 0.429. The van der Waals surface area contributed by atoms with Crippen LogP contribution in [0.25, 0.3) is 0 Å². The van der Waals surface area contributed by atoms with E-state index in [4.69, 9.17) is 23.7 Å². The molecular formula is C21H24O5. The Kier molecular flexibility index (Phi) is 5.62. The Morgan fingerprint density at radius 2 is 1.46 bits per heavy atom. The van der Waals surface area contributed by atoms with E-state index >= 15 is 0 Å². The Balaban J connectivity index is 1.33. The Morgan fingerprint density at radius 1 is 0.808 bits per heavy atom. The van der Waals surface area contributed by atoms with Crippen LogP contribution in [-0.2, 0) is 36.9 Å². The molecule has 2 aliphatic rings. The third-order valence-corrected chi connectivity index (χ3v) is 4.76. The lowest BCUT2D eigenvalue weighted by Gasteiger charge is -2.34. The van der Waals surface area contributed by atoms with Crippen LogP contribution in [0.5, 0.6) is 0 Å². The molecule has 0 unspecified atom stereocenters. The van der Waals surface area contributed by atoms with Crippen LogP contribution < -0.4 is 0 Å². The summed E-state index contributed by atoms with van der Waals surface area (Å²) >= 11 is 0. The maximum atomic E-state index is 6.14. The highest BCUT2D eigenvalue weighted by Gasteiger charge is 2.57. The first kappa shape index (κ1) is 17.6. The summed E-state index contributed by atoms with van der Waals surface area (Å²) in [4.78, 5) is 0. The molecular weight excluding hydrogens is 332 g/mol. The van der Waals surface area contributed by atoms with E-state index in [1.165, 1.54) is 0 Å². The molecule has 5 heteroatoms. The van der Waals surface area contributed by atoms with Crippen LogP contribution in [0.4, 0.5) is 0 Å². The highest BCUT2D eigenvalue weighted by atomic mass is 16.8. The van der Waals surface area contributed by atoms with Crippen molar-refractivity contribution in [1.29, 1.82) is 0 Å². The second-order valence-electron chi connectivity index (χ2n) is 6.61. The molecule has 2 heterocycles. The van der Waals surface area contributed by atoms with Crippen molar-refractivity contribution in [2.24, 2.45) is 0 Å². The molecule has 0 spiro atoms. The van der Waals surface area contributed by atoms with Crippen molar-refractivity contribution < 1.29 is 23.7 Å². The van der Waals surface area contributed by atoms with Gasteiger partial charge in [-0.15, -0.1) is 0 Å². The van der Waals surface area contributed by atoms with Gasteiger partial charge in [-0.1, -0.05) is 60.7 Å².